The first-order valence-corrected chi connectivity index (χ1v) is 4.77. The highest BCUT2D eigenvalue weighted by molar-refractivity contribution is 5.17. The number of hydrogen-bond donors (Lipinski definition) is 1. The number of hydrogen-bond acceptors (Lipinski definition) is 5. The van der Waals surface area contributed by atoms with Crippen molar-refractivity contribution in [1.82, 2.24) is 10.1 Å². The second-order valence-corrected chi connectivity index (χ2v) is 3.53. The number of aromatic nitrogens is 2. The molecule has 5 heteroatoms. The molecular formula is C9H17N3O2. The molecule has 0 aliphatic heterocycles. The van der Waals surface area contributed by atoms with Crippen molar-refractivity contribution in [1.29, 1.82) is 0 Å². The maximum atomic E-state index is 4.98. The van der Waals surface area contributed by atoms with Gasteiger partial charge in [-0.05, 0) is 5.92 Å². The van der Waals surface area contributed by atoms with Crippen molar-refractivity contribution in [2.75, 3.05) is 25.6 Å². The predicted molar refractivity (Wildman–Crippen MR) is 53.2 cm³/mol. The SMILES string of the molecule is COCCc1noc(NCC(C)C)n1. The summed E-state index contributed by atoms with van der Waals surface area (Å²) < 4.78 is 9.90. The van der Waals surface area contributed by atoms with Crippen LogP contribution in [0.15, 0.2) is 4.52 Å². The highest BCUT2D eigenvalue weighted by Gasteiger charge is 2.05. The maximum absolute atomic E-state index is 4.98. The first-order valence-electron chi connectivity index (χ1n) is 4.77. The Morgan fingerprint density at radius 3 is 2.93 bits per heavy atom. The summed E-state index contributed by atoms with van der Waals surface area (Å²) >= 11 is 0. The minimum Gasteiger partial charge on any atom is -0.384 e. The van der Waals surface area contributed by atoms with E-state index in [9.17, 15) is 0 Å². The molecule has 0 bridgehead atoms. The number of nitrogens with one attached hydrogen (secondary N) is 1. The van der Waals surface area contributed by atoms with E-state index in [1.54, 1.807) is 7.11 Å². The lowest BCUT2D eigenvalue weighted by Gasteiger charge is -2.02. The maximum Gasteiger partial charge on any atom is 0.321 e. The predicted octanol–water partition coefficient (Wildman–Crippen LogP) is 1.33. The summed E-state index contributed by atoms with van der Waals surface area (Å²) in [5, 5.41) is 6.86. The molecule has 0 aliphatic rings. The van der Waals surface area contributed by atoms with Crippen molar-refractivity contribution >= 4 is 6.01 Å². The molecule has 0 spiro atoms. The number of rotatable bonds is 6. The van der Waals surface area contributed by atoms with Crippen LogP contribution in [0.1, 0.15) is 19.7 Å². The van der Waals surface area contributed by atoms with Crippen LogP contribution in [0.5, 0.6) is 0 Å². The summed E-state index contributed by atoms with van der Waals surface area (Å²) in [5.41, 5.74) is 0. The average molecular weight is 199 g/mol. The molecule has 0 atom stereocenters. The van der Waals surface area contributed by atoms with Crippen molar-refractivity contribution in [2.24, 2.45) is 5.92 Å². The first kappa shape index (κ1) is 11.0. The number of ether oxygens (including phenoxy) is 1. The Labute approximate surface area is 83.8 Å². The third-order valence-electron chi connectivity index (χ3n) is 1.66. The van der Waals surface area contributed by atoms with Gasteiger partial charge in [0.05, 0.1) is 6.61 Å². The van der Waals surface area contributed by atoms with Gasteiger partial charge in [-0.1, -0.05) is 19.0 Å². The zero-order chi connectivity index (χ0) is 10.4. The zero-order valence-corrected chi connectivity index (χ0v) is 8.91. The van der Waals surface area contributed by atoms with Crippen molar-refractivity contribution in [3.8, 4) is 0 Å². The third-order valence-corrected chi connectivity index (χ3v) is 1.66. The molecule has 0 unspecified atom stereocenters. The molecule has 0 saturated heterocycles. The Hall–Kier alpha value is -1.10. The van der Waals surface area contributed by atoms with Crippen LogP contribution in [-0.2, 0) is 11.2 Å². The van der Waals surface area contributed by atoms with Gasteiger partial charge in [0.25, 0.3) is 0 Å². The van der Waals surface area contributed by atoms with E-state index in [1.165, 1.54) is 0 Å². The molecule has 0 aromatic carbocycles. The Morgan fingerprint density at radius 1 is 1.50 bits per heavy atom. The van der Waals surface area contributed by atoms with Gasteiger partial charge in [0, 0.05) is 20.1 Å². The molecule has 14 heavy (non-hydrogen) atoms. The summed E-state index contributed by atoms with van der Waals surface area (Å²) in [4.78, 5) is 4.15. The molecule has 1 N–H and O–H groups in total. The molecule has 5 nitrogen and oxygen atoms in total. The third kappa shape index (κ3) is 3.74. The van der Waals surface area contributed by atoms with Gasteiger partial charge in [-0.25, -0.2) is 0 Å². The number of methoxy groups -OCH3 is 1. The van der Waals surface area contributed by atoms with E-state index in [-0.39, 0.29) is 0 Å². The summed E-state index contributed by atoms with van der Waals surface area (Å²) in [6.07, 6.45) is 0.684. The molecule has 0 fully saturated rings. The summed E-state index contributed by atoms with van der Waals surface area (Å²) in [6.45, 7) is 5.69. The molecule has 0 amide bonds. The van der Waals surface area contributed by atoms with Crippen molar-refractivity contribution in [3.63, 3.8) is 0 Å². The molecule has 1 aromatic heterocycles. The molecule has 1 rings (SSSR count). The topological polar surface area (TPSA) is 60.2 Å². The Morgan fingerprint density at radius 2 is 2.29 bits per heavy atom. The fraction of sp³-hybridized carbons (Fsp3) is 0.778. The highest BCUT2D eigenvalue weighted by atomic mass is 16.5. The van der Waals surface area contributed by atoms with Gasteiger partial charge in [0.1, 0.15) is 0 Å². The van der Waals surface area contributed by atoms with Gasteiger partial charge in [-0.2, -0.15) is 4.98 Å². The standard InChI is InChI=1S/C9H17N3O2/c1-7(2)6-10-9-11-8(12-14-9)4-5-13-3/h7H,4-6H2,1-3H3,(H,10,11,12). The fourth-order valence-electron chi connectivity index (χ4n) is 0.912. The minimum atomic E-state index is 0.491. The lowest BCUT2D eigenvalue weighted by molar-refractivity contribution is 0.199. The average Bonchev–Trinajstić information content (AvgIpc) is 2.59. The largest absolute Gasteiger partial charge is 0.384 e. The molecule has 1 aromatic rings. The van der Waals surface area contributed by atoms with Crippen LogP contribution in [0.25, 0.3) is 0 Å². The van der Waals surface area contributed by atoms with E-state index in [1.807, 2.05) is 0 Å². The van der Waals surface area contributed by atoms with Crippen LogP contribution in [0.2, 0.25) is 0 Å². The van der Waals surface area contributed by atoms with Gasteiger partial charge in [-0.3, -0.25) is 0 Å². The van der Waals surface area contributed by atoms with Crippen LogP contribution in [0, 0.1) is 5.92 Å². The lowest BCUT2D eigenvalue weighted by atomic mass is 10.2. The van der Waals surface area contributed by atoms with Crippen LogP contribution in [0.4, 0.5) is 6.01 Å². The van der Waals surface area contributed by atoms with Crippen LogP contribution in [0.3, 0.4) is 0 Å². The van der Waals surface area contributed by atoms with Crippen molar-refractivity contribution in [2.45, 2.75) is 20.3 Å². The monoisotopic (exact) mass is 199 g/mol. The minimum absolute atomic E-state index is 0.491. The van der Waals surface area contributed by atoms with E-state index in [2.05, 4.69) is 29.3 Å². The second kappa shape index (κ2) is 5.59. The normalized spacial score (nSPS) is 10.9. The molecule has 1 heterocycles. The number of anilines is 1. The van der Waals surface area contributed by atoms with Crippen LogP contribution in [-0.4, -0.2) is 30.4 Å². The molecule has 0 radical (unpaired) electrons. The quantitative estimate of drug-likeness (QED) is 0.748. The lowest BCUT2D eigenvalue weighted by Crippen LogP contribution is -2.08. The Kier molecular flexibility index (Phi) is 4.39. The van der Waals surface area contributed by atoms with Gasteiger partial charge in [0.2, 0.25) is 0 Å². The number of nitrogens with zero attached hydrogens (tertiary/aromatic N) is 2. The van der Waals surface area contributed by atoms with Gasteiger partial charge in [0.15, 0.2) is 5.82 Å². The van der Waals surface area contributed by atoms with Crippen LogP contribution < -0.4 is 5.32 Å². The van der Waals surface area contributed by atoms with E-state index < -0.39 is 0 Å². The molecular weight excluding hydrogens is 182 g/mol. The second-order valence-electron chi connectivity index (χ2n) is 3.53. The zero-order valence-electron chi connectivity index (χ0n) is 8.91. The van der Waals surface area contributed by atoms with E-state index in [0.717, 1.165) is 6.54 Å². The van der Waals surface area contributed by atoms with E-state index in [4.69, 9.17) is 9.26 Å². The molecule has 0 aliphatic carbocycles. The van der Waals surface area contributed by atoms with Gasteiger partial charge < -0.3 is 14.6 Å². The Bertz CT molecular complexity index is 260. The summed E-state index contributed by atoms with van der Waals surface area (Å²) in [6, 6.07) is 0.491. The highest BCUT2D eigenvalue weighted by Crippen LogP contribution is 2.04. The Balaban J connectivity index is 2.35. The summed E-state index contributed by atoms with van der Waals surface area (Å²) in [5.74, 6) is 1.24. The fourth-order valence-corrected chi connectivity index (χ4v) is 0.912. The smallest absolute Gasteiger partial charge is 0.321 e. The van der Waals surface area contributed by atoms with Crippen molar-refractivity contribution in [3.05, 3.63) is 5.82 Å². The van der Waals surface area contributed by atoms with Crippen LogP contribution >= 0.6 is 0 Å². The van der Waals surface area contributed by atoms with Gasteiger partial charge in [-0.15, -0.1) is 0 Å². The van der Waals surface area contributed by atoms with E-state index in [0.29, 0.717) is 30.8 Å². The molecule has 80 valence electrons. The van der Waals surface area contributed by atoms with Gasteiger partial charge >= 0.3 is 6.01 Å². The molecule has 0 saturated carbocycles. The van der Waals surface area contributed by atoms with E-state index >= 15 is 0 Å². The van der Waals surface area contributed by atoms with Crippen molar-refractivity contribution < 1.29 is 9.26 Å². The summed E-state index contributed by atoms with van der Waals surface area (Å²) in [7, 11) is 1.65. The first-order chi connectivity index (χ1) is 6.72.